The predicted octanol–water partition coefficient (Wildman–Crippen LogP) is 3.91. The molecule has 3 nitrogen and oxygen atoms in total. The van der Waals surface area contributed by atoms with Gasteiger partial charge in [0.25, 0.3) is 0 Å². The molecule has 19 heavy (non-hydrogen) atoms. The van der Waals surface area contributed by atoms with Crippen molar-refractivity contribution >= 4 is 16.5 Å². The average molecular weight is 282 g/mol. The number of aliphatic hydroxyl groups is 1. The zero-order valence-corrected chi connectivity index (χ0v) is 13.2. The number of nitrogens with zero attached hydrogens (tertiary/aromatic N) is 2. The molecule has 0 radical (unpaired) electrons. The van der Waals surface area contributed by atoms with Crippen LogP contribution in [0, 0.1) is 12.8 Å². The van der Waals surface area contributed by atoms with Crippen LogP contribution in [0.1, 0.15) is 62.6 Å². The summed E-state index contributed by atoms with van der Waals surface area (Å²) in [6.07, 6.45) is 6.18. The highest BCUT2D eigenvalue weighted by Gasteiger charge is 2.20. The average Bonchev–Trinajstić information content (AvgIpc) is 2.60. The molecule has 1 fully saturated rings. The first kappa shape index (κ1) is 14.8. The van der Waals surface area contributed by atoms with Crippen molar-refractivity contribution in [1.82, 2.24) is 4.98 Å². The Labute approximate surface area is 120 Å². The van der Waals surface area contributed by atoms with Crippen molar-refractivity contribution in [1.29, 1.82) is 0 Å². The number of aromatic nitrogens is 1. The monoisotopic (exact) mass is 282 g/mol. The van der Waals surface area contributed by atoms with Crippen LogP contribution in [0.25, 0.3) is 0 Å². The molecule has 0 amide bonds. The summed E-state index contributed by atoms with van der Waals surface area (Å²) >= 11 is 1.66. The van der Waals surface area contributed by atoms with E-state index >= 15 is 0 Å². The number of hydrogen-bond donors (Lipinski definition) is 1. The Morgan fingerprint density at radius 2 is 2.21 bits per heavy atom. The lowest BCUT2D eigenvalue weighted by Crippen LogP contribution is -2.24. The summed E-state index contributed by atoms with van der Waals surface area (Å²) in [5.41, 5.74) is 0.990. The van der Waals surface area contributed by atoms with Gasteiger partial charge in [-0.3, -0.25) is 0 Å². The molecule has 0 bridgehead atoms. The SMILES string of the molecule is CCCC1CCCN(c2nc(C)c(C(C)O)s2)CC1. The van der Waals surface area contributed by atoms with Gasteiger partial charge in [-0.2, -0.15) is 0 Å². The lowest BCUT2D eigenvalue weighted by Gasteiger charge is -2.19. The van der Waals surface area contributed by atoms with Gasteiger partial charge in [-0.05, 0) is 39.0 Å². The van der Waals surface area contributed by atoms with Crippen molar-refractivity contribution in [3.63, 3.8) is 0 Å². The molecule has 1 aromatic heterocycles. The third-order valence-corrected chi connectivity index (χ3v) is 5.40. The molecular weight excluding hydrogens is 256 g/mol. The van der Waals surface area contributed by atoms with Gasteiger partial charge in [-0.15, -0.1) is 0 Å². The molecule has 1 aliphatic rings. The Morgan fingerprint density at radius 3 is 2.84 bits per heavy atom. The van der Waals surface area contributed by atoms with Crippen LogP contribution in [0.4, 0.5) is 5.13 Å². The minimum absolute atomic E-state index is 0.397. The molecule has 1 aromatic rings. The smallest absolute Gasteiger partial charge is 0.185 e. The van der Waals surface area contributed by atoms with E-state index in [9.17, 15) is 5.11 Å². The molecule has 2 atom stereocenters. The first-order valence-corrected chi connectivity index (χ1v) is 8.33. The molecule has 0 spiro atoms. The maximum atomic E-state index is 9.74. The minimum atomic E-state index is -0.397. The van der Waals surface area contributed by atoms with Crippen molar-refractivity contribution < 1.29 is 5.11 Å². The molecular formula is C15H26N2OS. The van der Waals surface area contributed by atoms with E-state index in [-0.39, 0.29) is 0 Å². The number of rotatable bonds is 4. The largest absolute Gasteiger partial charge is 0.388 e. The van der Waals surface area contributed by atoms with Gasteiger partial charge >= 0.3 is 0 Å². The van der Waals surface area contributed by atoms with E-state index in [1.165, 1.54) is 32.1 Å². The van der Waals surface area contributed by atoms with Crippen LogP contribution in [-0.4, -0.2) is 23.2 Å². The number of thiazole rings is 1. The van der Waals surface area contributed by atoms with Crippen LogP contribution < -0.4 is 4.90 Å². The van der Waals surface area contributed by atoms with Crippen molar-refractivity contribution in [2.45, 2.75) is 59.0 Å². The fourth-order valence-electron chi connectivity index (χ4n) is 2.97. The third kappa shape index (κ3) is 3.69. The van der Waals surface area contributed by atoms with Gasteiger partial charge in [0.2, 0.25) is 0 Å². The van der Waals surface area contributed by atoms with Crippen molar-refractivity contribution in [2.24, 2.45) is 5.92 Å². The van der Waals surface area contributed by atoms with E-state index in [4.69, 9.17) is 0 Å². The maximum absolute atomic E-state index is 9.74. The Bertz CT molecular complexity index is 403. The van der Waals surface area contributed by atoms with E-state index in [0.717, 1.165) is 34.7 Å². The lowest BCUT2D eigenvalue weighted by molar-refractivity contribution is 0.202. The zero-order valence-electron chi connectivity index (χ0n) is 12.4. The number of anilines is 1. The second-order valence-corrected chi connectivity index (χ2v) is 6.70. The molecule has 2 heterocycles. The second kappa shape index (κ2) is 6.71. The van der Waals surface area contributed by atoms with Crippen LogP contribution in [0.15, 0.2) is 0 Å². The Balaban J connectivity index is 2.04. The predicted molar refractivity (Wildman–Crippen MR) is 81.9 cm³/mol. The van der Waals surface area contributed by atoms with Gasteiger partial charge in [-0.1, -0.05) is 31.1 Å². The summed E-state index contributed by atoms with van der Waals surface area (Å²) in [4.78, 5) is 8.09. The van der Waals surface area contributed by atoms with Gasteiger partial charge < -0.3 is 10.0 Å². The van der Waals surface area contributed by atoms with E-state index in [0.29, 0.717) is 0 Å². The number of aryl methyl sites for hydroxylation is 1. The van der Waals surface area contributed by atoms with Crippen LogP contribution in [0.5, 0.6) is 0 Å². The van der Waals surface area contributed by atoms with Gasteiger partial charge in [-0.25, -0.2) is 4.98 Å². The minimum Gasteiger partial charge on any atom is -0.388 e. The number of aliphatic hydroxyl groups excluding tert-OH is 1. The molecule has 1 N–H and O–H groups in total. The van der Waals surface area contributed by atoms with Crippen LogP contribution in [-0.2, 0) is 0 Å². The first-order valence-electron chi connectivity index (χ1n) is 7.52. The fraction of sp³-hybridized carbons (Fsp3) is 0.800. The van der Waals surface area contributed by atoms with E-state index in [1.54, 1.807) is 11.3 Å². The Morgan fingerprint density at radius 1 is 1.42 bits per heavy atom. The lowest BCUT2D eigenvalue weighted by atomic mass is 9.96. The van der Waals surface area contributed by atoms with Crippen LogP contribution >= 0.6 is 11.3 Å². The van der Waals surface area contributed by atoms with Gasteiger partial charge in [0.1, 0.15) is 0 Å². The highest BCUT2D eigenvalue weighted by atomic mass is 32.1. The second-order valence-electron chi connectivity index (χ2n) is 5.69. The summed E-state index contributed by atoms with van der Waals surface area (Å²) in [6.45, 7) is 8.34. The topological polar surface area (TPSA) is 36.4 Å². The van der Waals surface area contributed by atoms with Gasteiger partial charge in [0.15, 0.2) is 5.13 Å². The molecule has 1 saturated heterocycles. The van der Waals surface area contributed by atoms with Crippen LogP contribution in [0.3, 0.4) is 0 Å². The Hall–Kier alpha value is -0.610. The summed E-state index contributed by atoms with van der Waals surface area (Å²) in [6, 6.07) is 0. The normalized spacial score (nSPS) is 22.3. The van der Waals surface area contributed by atoms with Crippen molar-refractivity contribution in [3.05, 3.63) is 10.6 Å². The molecule has 4 heteroatoms. The molecule has 1 aliphatic heterocycles. The molecule has 0 aliphatic carbocycles. The molecule has 2 unspecified atom stereocenters. The Kier molecular flexibility index (Phi) is 5.22. The number of hydrogen-bond acceptors (Lipinski definition) is 4. The molecule has 2 rings (SSSR count). The van der Waals surface area contributed by atoms with Crippen molar-refractivity contribution in [2.75, 3.05) is 18.0 Å². The van der Waals surface area contributed by atoms with Gasteiger partial charge in [0.05, 0.1) is 16.7 Å². The summed E-state index contributed by atoms with van der Waals surface area (Å²) in [7, 11) is 0. The third-order valence-electron chi connectivity index (χ3n) is 4.02. The van der Waals surface area contributed by atoms with E-state index < -0.39 is 6.10 Å². The summed E-state index contributed by atoms with van der Waals surface area (Å²) in [5, 5.41) is 10.8. The summed E-state index contributed by atoms with van der Waals surface area (Å²) in [5.74, 6) is 0.896. The fourth-order valence-corrected chi connectivity index (χ4v) is 4.02. The van der Waals surface area contributed by atoms with E-state index in [1.807, 2.05) is 13.8 Å². The molecule has 0 saturated carbocycles. The maximum Gasteiger partial charge on any atom is 0.185 e. The van der Waals surface area contributed by atoms with Crippen molar-refractivity contribution in [3.8, 4) is 0 Å². The highest BCUT2D eigenvalue weighted by molar-refractivity contribution is 7.15. The van der Waals surface area contributed by atoms with Crippen LogP contribution in [0.2, 0.25) is 0 Å². The highest BCUT2D eigenvalue weighted by Crippen LogP contribution is 2.32. The first-order chi connectivity index (χ1) is 9.11. The molecule has 0 aromatic carbocycles. The summed E-state index contributed by atoms with van der Waals surface area (Å²) < 4.78 is 0. The zero-order chi connectivity index (χ0) is 13.8. The standard InChI is InChI=1S/C15H26N2OS/c1-4-6-13-7-5-9-17(10-8-13)15-16-11(2)14(19-15)12(3)18/h12-13,18H,4-10H2,1-3H3. The molecule has 108 valence electrons. The van der Waals surface area contributed by atoms with E-state index in [2.05, 4.69) is 16.8 Å². The quantitative estimate of drug-likeness (QED) is 0.909. The van der Waals surface area contributed by atoms with Gasteiger partial charge in [0, 0.05) is 13.1 Å².